The lowest BCUT2D eigenvalue weighted by Crippen LogP contribution is -2.19. The second-order valence-electron chi connectivity index (χ2n) is 4.27. The van der Waals surface area contributed by atoms with Crippen molar-refractivity contribution in [2.75, 3.05) is 6.61 Å². The number of carbonyl (C=O) groups is 1. The minimum atomic E-state index is -0.537. The van der Waals surface area contributed by atoms with Gasteiger partial charge in [-0.1, -0.05) is 33.6 Å². The van der Waals surface area contributed by atoms with Crippen LogP contribution in [0, 0.1) is 11.8 Å². The molecule has 0 aliphatic rings. The summed E-state index contributed by atoms with van der Waals surface area (Å²) in [5.41, 5.74) is 0. The molecule has 2 nitrogen and oxygen atoms in total. The highest BCUT2D eigenvalue weighted by Crippen LogP contribution is 2.19. The van der Waals surface area contributed by atoms with Crippen molar-refractivity contribution in [2.24, 2.45) is 11.8 Å². The zero-order valence-electron chi connectivity index (χ0n) is 10.3. The predicted octanol–water partition coefficient (Wildman–Crippen LogP) is 3.62. The Morgan fingerprint density at radius 1 is 1.27 bits per heavy atom. The summed E-state index contributed by atoms with van der Waals surface area (Å²) in [4.78, 5) is 11.1. The Bertz CT molecular complexity index is 176. The topological polar surface area (TPSA) is 26.3 Å². The van der Waals surface area contributed by atoms with Gasteiger partial charge in [0.1, 0.15) is 5.38 Å². The van der Waals surface area contributed by atoms with Gasteiger partial charge in [0.25, 0.3) is 0 Å². The number of ether oxygens (including phenoxy) is 1. The van der Waals surface area contributed by atoms with Crippen LogP contribution in [0.3, 0.4) is 0 Å². The van der Waals surface area contributed by atoms with Gasteiger partial charge >= 0.3 is 5.97 Å². The van der Waals surface area contributed by atoms with E-state index in [1.54, 1.807) is 6.92 Å². The molecule has 0 aromatic carbocycles. The van der Waals surface area contributed by atoms with Crippen LogP contribution in [-0.4, -0.2) is 18.0 Å². The zero-order valence-corrected chi connectivity index (χ0v) is 11.0. The molecule has 2 unspecified atom stereocenters. The smallest absolute Gasteiger partial charge is 0.323 e. The Labute approximate surface area is 98.3 Å². The fourth-order valence-electron chi connectivity index (χ4n) is 1.60. The van der Waals surface area contributed by atoms with E-state index in [4.69, 9.17) is 16.3 Å². The fourth-order valence-corrected chi connectivity index (χ4v) is 1.66. The van der Waals surface area contributed by atoms with E-state index in [2.05, 4.69) is 20.8 Å². The quantitative estimate of drug-likeness (QED) is 0.497. The SMILES string of the molecule is CCC(CC)CC(C)COC(=O)C(C)Cl. The normalized spacial score (nSPS) is 15.1. The number of halogens is 1. The Hall–Kier alpha value is -0.240. The van der Waals surface area contributed by atoms with Crippen molar-refractivity contribution in [1.82, 2.24) is 0 Å². The fraction of sp³-hybridized carbons (Fsp3) is 0.917. The minimum absolute atomic E-state index is 0.312. The summed E-state index contributed by atoms with van der Waals surface area (Å²) in [5, 5.41) is -0.537. The largest absolute Gasteiger partial charge is 0.464 e. The van der Waals surface area contributed by atoms with Gasteiger partial charge in [0.15, 0.2) is 0 Å². The molecular formula is C12H23ClO2. The molecule has 0 heterocycles. The van der Waals surface area contributed by atoms with E-state index in [1.807, 2.05) is 0 Å². The third kappa shape index (κ3) is 6.77. The molecule has 0 radical (unpaired) electrons. The van der Waals surface area contributed by atoms with Gasteiger partial charge in [0, 0.05) is 0 Å². The molecule has 0 aliphatic heterocycles. The summed E-state index contributed by atoms with van der Waals surface area (Å²) in [6.07, 6.45) is 3.51. The summed E-state index contributed by atoms with van der Waals surface area (Å²) >= 11 is 5.60. The lowest BCUT2D eigenvalue weighted by atomic mass is 9.92. The van der Waals surface area contributed by atoms with Crippen LogP contribution in [0.25, 0.3) is 0 Å². The molecule has 15 heavy (non-hydrogen) atoms. The van der Waals surface area contributed by atoms with Crippen LogP contribution in [0.15, 0.2) is 0 Å². The highest BCUT2D eigenvalue weighted by atomic mass is 35.5. The molecule has 3 heteroatoms. The van der Waals surface area contributed by atoms with E-state index in [0.717, 1.165) is 12.3 Å². The van der Waals surface area contributed by atoms with Gasteiger partial charge in [-0.25, -0.2) is 0 Å². The first-order chi connectivity index (χ1) is 7.01. The Morgan fingerprint density at radius 3 is 2.20 bits per heavy atom. The maximum Gasteiger partial charge on any atom is 0.323 e. The van der Waals surface area contributed by atoms with Gasteiger partial charge in [-0.3, -0.25) is 4.79 Å². The Morgan fingerprint density at radius 2 is 1.80 bits per heavy atom. The molecule has 0 aliphatic carbocycles. The van der Waals surface area contributed by atoms with Gasteiger partial charge in [0.05, 0.1) is 6.61 Å². The van der Waals surface area contributed by atoms with Crippen molar-refractivity contribution in [3.63, 3.8) is 0 Å². The summed E-state index contributed by atoms with van der Waals surface area (Å²) in [7, 11) is 0. The first-order valence-electron chi connectivity index (χ1n) is 5.81. The number of alkyl halides is 1. The Balaban J connectivity index is 3.74. The van der Waals surface area contributed by atoms with Crippen LogP contribution in [0.1, 0.15) is 47.0 Å². The van der Waals surface area contributed by atoms with Crippen LogP contribution in [-0.2, 0) is 9.53 Å². The molecule has 2 atom stereocenters. The molecule has 0 bridgehead atoms. The van der Waals surface area contributed by atoms with Gasteiger partial charge in [-0.2, -0.15) is 0 Å². The molecule has 0 rings (SSSR count). The average Bonchev–Trinajstić information content (AvgIpc) is 2.22. The third-order valence-electron chi connectivity index (χ3n) is 2.73. The van der Waals surface area contributed by atoms with Crippen LogP contribution in [0.2, 0.25) is 0 Å². The summed E-state index contributed by atoms with van der Waals surface area (Å²) in [6, 6.07) is 0. The molecule has 90 valence electrons. The van der Waals surface area contributed by atoms with Gasteiger partial charge in [-0.15, -0.1) is 11.6 Å². The maximum atomic E-state index is 11.1. The van der Waals surface area contributed by atoms with Gasteiger partial charge < -0.3 is 4.74 Å². The molecule has 0 saturated carbocycles. The number of hydrogen-bond acceptors (Lipinski definition) is 2. The third-order valence-corrected chi connectivity index (χ3v) is 2.90. The summed E-state index contributed by atoms with van der Waals surface area (Å²) in [6.45, 7) is 8.65. The lowest BCUT2D eigenvalue weighted by molar-refractivity contribution is -0.144. The number of hydrogen-bond donors (Lipinski definition) is 0. The molecule has 0 spiro atoms. The second-order valence-corrected chi connectivity index (χ2v) is 4.92. The summed E-state index contributed by atoms with van der Waals surface area (Å²) in [5.74, 6) is 0.856. The zero-order chi connectivity index (χ0) is 11.8. The van der Waals surface area contributed by atoms with Crippen molar-refractivity contribution >= 4 is 17.6 Å². The van der Waals surface area contributed by atoms with E-state index in [1.165, 1.54) is 12.8 Å². The van der Waals surface area contributed by atoms with Crippen molar-refractivity contribution in [1.29, 1.82) is 0 Å². The Kier molecular flexibility index (Phi) is 7.85. The molecule has 0 fully saturated rings. The minimum Gasteiger partial charge on any atom is -0.464 e. The molecule has 0 amide bonds. The molecular weight excluding hydrogens is 212 g/mol. The second kappa shape index (κ2) is 7.98. The molecule has 0 N–H and O–H groups in total. The van der Waals surface area contributed by atoms with Gasteiger partial charge in [0.2, 0.25) is 0 Å². The first-order valence-corrected chi connectivity index (χ1v) is 6.25. The highest BCUT2D eigenvalue weighted by molar-refractivity contribution is 6.29. The predicted molar refractivity (Wildman–Crippen MR) is 64.1 cm³/mol. The molecule has 0 aromatic heterocycles. The van der Waals surface area contributed by atoms with Crippen molar-refractivity contribution in [2.45, 2.75) is 52.3 Å². The van der Waals surface area contributed by atoms with Crippen LogP contribution in [0.4, 0.5) is 0 Å². The van der Waals surface area contributed by atoms with Crippen LogP contribution >= 0.6 is 11.6 Å². The van der Waals surface area contributed by atoms with Gasteiger partial charge in [-0.05, 0) is 25.2 Å². The van der Waals surface area contributed by atoms with E-state index >= 15 is 0 Å². The average molecular weight is 235 g/mol. The number of rotatable bonds is 7. The van der Waals surface area contributed by atoms with E-state index in [-0.39, 0.29) is 5.97 Å². The molecule has 0 saturated heterocycles. The molecule has 0 aromatic rings. The monoisotopic (exact) mass is 234 g/mol. The number of esters is 1. The number of carbonyl (C=O) groups excluding carboxylic acids is 1. The van der Waals surface area contributed by atoms with E-state index in [9.17, 15) is 4.79 Å². The van der Waals surface area contributed by atoms with Crippen molar-refractivity contribution in [3.05, 3.63) is 0 Å². The highest BCUT2D eigenvalue weighted by Gasteiger charge is 2.14. The van der Waals surface area contributed by atoms with Crippen molar-refractivity contribution in [3.8, 4) is 0 Å². The lowest BCUT2D eigenvalue weighted by Gasteiger charge is -2.18. The van der Waals surface area contributed by atoms with Crippen LogP contribution < -0.4 is 0 Å². The van der Waals surface area contributed by atoms with Crippen molar-refractivity contribution < 1.29 is 9.53 Å². The maximum absolute atomic E-state index is 11.1. The first kappa shape index (κ1) is 14.8. The van der Waals surface area contributed by atoms with E-state index in [0.29, 0.717) is 12.5 Å². The summed E-state index contributed by atoms with van der Waals surface area (Å²) < 4.78 is 5.08. The van der Waals surface area contributed by atoms with Crippen LogP contribution in [0.5, 0.6) is 0 Å². The van der Waals surface area contributed by atoms with E-state index < -0.39 is 5.38 Å². The standard InChI is InChI=1S/C12H23ClO2/c1-5-11(6-2)7-9(3)8-15-12(14)10(4)13/h9-11H,5-8H2,1-4H3.